The van der Waals surface area contributed by atoms with Crippen molar-refractivity contribution in [3.63, 3.8) is 0 Å². The van der Waals surface area contributed by atoms with Crippen LogP contribution in [-0.4, -0.2) is 40.4 Å². The topological polar surface area (TPSA) is 77.9 Å². The van der Waals surface area contributed by atoms with Gasteiger partial charge in [-0.3, -0.25) is 14.4 Å². The molecule has 2 aliphatic rings. The number of aliphatic carboxylic acids is 1. The number of fused-ring (bicyclic) bond motifs is 2. The third-order valence-corrected chi connectivity index (χ3v) is 7.16. The standard InChI is InChI=1S/C27H32N2O4/c1-3-18-12-14-19(15-13-18)27(33)29-22-10-6-5-8-20(22)26(21-9-7-11-23(21)29)28(4-2)24(30)16-17-25(31)32/h5-6,8,10,12-15,21,23,26H,3-4,7,9,11,16-17H2,1-2H3,(H,31,32). The van der Waals surface area contributed by atoms with E-state index < -0.39 is 5.97 Å². The molecule has 3 unspecified atom stereocenters. The first-order valence-corrected chi connectivity index (χ1v) is 12.0. The highest BCUT2D eigenvalue weighted by molar-refractivity contribution is 6.07. The summed E-state index contributed by atoms with van der Waals surface area (Å²) in [5.41, 5.74) is 3.71. The number of benzene rings is 2. The van der Waals surface area contributed by atoms with Gasteiger partial charge in [-0.05, 0) is 55.5 Å². The summed E-state index contributed by atoms with van der Waals surface area (Å²) in [5.74, 6) is -0.971. The van der Waals surface area contributed by atoms with Crippen LogP contribution in [0.4, 0.5) is 5.69 Å². The van der Waals surface area contributed by atoms with Crippen LogP contribution in [0.1, 0.15) is 73.5 Å². The lowest BCUT2D eigenvalue weighted by molar-refractivity contribution is -0.142. The molecular weight excluding hydrogens is 416 g/mol. The van der Waals surface area contributed by atoms with E-state index in [0.29, 0.717) is 12.1 Å². The molecule has 1 N–H and O–H groups in total. The molecule has 1 fully saturated rings. The number of carboxylic acids is 1. The molecule has 6 nitrogen and oxygen atoms in total. The Morgan fingerprint density at radius 1 is 1.00 bits per heavy atom. The second-order valence-electron chi connectivity index (χ2n) is 8.96. The highest BCUT2D eigenvalue weighted by atomic mass is 16.4. The molecule has 6 heteroatoms. The fourth-order valence-corrected chi connectivity index (χ4v) is 5.59. The molecule has 0 radical (unpaired) electrons. The number of carboxylic acid groups (broad SMARTS) is 1. The van der Waals surface area contributed by atoms with E-state index in [2.05, 4.69) is 6.92 Å². The summed E-state index contributed by atoms with van der Waals surface area (Å²) in [6.07, 6.45) is 3.58. The maximum Gasteiger partial charge on any atom is 0.303 e. The third-order valence-electron chi connectivity index (χ3n) is 7.16. The SMILES string of the molecule is CCc1ccc(C(=O)N2c3ccccc3C(N(CC)C(=O)CCC(=O)O)C3CCCC32)cc1. The Bertz CT molecular complexity index is 1030. The molecule has 0 spiro atoms. The van der Waals surface area contributed by atoms with Gasteiger partial charge in [0.2, 0.25) is 5.91 Å². The molecule has 0 saturated heterocycles. The smallest absolute Gasteiger partial charge is 0.303 e. The molecular formula is C27H32N2O4. The average Bonchev–Trinajstić information content (AvgIpc) is 3.31. The molecule has 2 amide bonds. The van der Waals surface area contributed by atoms with Gasteiger partial charge in [0.15, 0.2) is 0 Å². The molecule has 0 bridgehead atoms. The minimum Gasteiger partial charge on any atom is -0.481 e. The van der Waals surface area contributed by atoms with E-state index in [-0.39, 0.29) is 42.7 Å². The summed E-state index contributed by atoms with van der Waals surface area (Å²) < 4.78 is 0. The van der Waals surface area contributed by atoms with Gasteiger partial charge in [-0.15, -0.1) is 0 Å². The van der Waals surface area contributed by atoms with Crippen molar-refractivity contribution in [3.05, 3.63) is 65.2 Å². The van der Waals surface area contributed by atoms with Gasteiger partial charge in [-0.25, -0.2) is 0 Å². The van der Waals surface area contributed by atoms with Crippen molar-refractivity contribution >= 4 is 23.5 Å². The van der Waals surface area contributed by atoms with Gasteiger partial charge in [0.05, 0.1) is 12.5 Å². The first-order chi connectivity index (χ1) is 16.0. The zero-order valence-corrected chi connectivity index (χ0v) is 19.4. The van der Waals surface area contributed by atoms with E-state index in [1.54, 1.807) is 0 Å². The summed E-state index contributed by atoms with van der Waals surface area (Å²) in [6, 6.07) is 15.6. The number of carbonyl (C=O) groups is 3. The number of amides is 2. The minimum atomic E-state index is -0.965. The Morgan fingerprint density at radius 3 is 2.39 bits per heavy atom. The molecule has 174 valence electrons. The first kappa shape index (κ1) is 23.0. The largest absolute Gasteiger partial charge is 0.481 e. The van der Waals surface area contributed by atoms with Crippen LogP contribution < -0.4 is 4.90 Å². The van der Waals surface area contributed by atoms with Gasteiger partial charge in [0, 0.05) is 36.2 Å². The molecule has 33 heavy (non-hydrogen) atoms. The van der Waals surface area contributed by atoms with Crippen LogP contribution in [0.2, 0.25) is 0 Å². The molecule has 1 saturated carbocycles. The van der Waals surface area contributed by atoms with Gasteiger partial charge in [-0.2, -0.15) is 0 Å². The minimum absolute atomic E-state index is 0.000653. The normalized spacial score (nSPS) is 21.3. The van der Waals surface area contributed by atoms with Gasteiger partial charge in [0.25, 0.3) is 5.91 Å². The fraction of sp³-hybridized carbons (Fsp3) is 0.444. The maximum absolute atomic E-state index is 13.7. The quantitative estimate of drug-likeness (QED) is 0.658. The number of hydrogen-bond acceptors (Lipinski definition) is 3. The van der Waals surface area contributed by atoms with Crippen LogP contribution in [0.5, 0.6) is 0 Å². The summed E-state index contributed by atoms with van der Waals surface area (Å²) in [6.45, 7) is 4.55. The first-order valence-electron chi connectivity index (χ1n) is 12.0. The van der Waals surface area contributed by atoms with E-state index in [1.165, 1.54) is 5.56 Å². The number of nitrogens with zero attached hydrogens (tertiary/aromatic N) is 2. The van der Waals surface area contributed by atoms with Gasteiger partial charge < -0.3 is 14.9 Å². The maximum atomic E-state index is 13.7. The molecule has 1 aliphatic heterocycles. The lowest BCUT2D eigenvalue weighted by Crippen LogP contribution is -2.52. The molecule has 2 aromatic rings. The van der Waals surface area contributed by atoms with Crippen molar-refractivity contribution in [1.82, 2.24) is 4.90 Å². The Kier molecular flexibility index (Phi) is 6.82. The number of anilines is 1. The summed E-state index contributed by atoms with van der Waals surface area (Å²) in [7, 11) is 0. The van der Waals surface area contributed by atoms with Crippen LogP contribution in [0, 0.1) is 5.92 Å². The van der Waals surface area contributed by atoms with Gasteiger partial charge >= 0.3 is 5.97 Å². The number of rotatable bonds is 7. The van der Waals surface area contributed by atoms with Crippen LogP contribution in [0.25, 0.3) is 0 Å². The summed E-state index contributed by atoms with van der Waals surface area (Å²) >= 11 is 0. The van der Waals surface area contributed by atoms with E-state index in [9.17, 15) is 14.4 Å². The van der Waals surface area contributed by atoms with Crippen LogP contribution in [-0.2, 0) is 16.0 Å². The average molecular weight is 449 g/mol. The van der Waals surface area contributed by atoms with Crippen LogP contribution in [0.3, 0.4) is 0 Å². The second kappa shape index (κ2) is 9.77. The fourth-order valence-electron chi connectivity index (χ4n) is 5.59. The van der Waals surface area contributed by atoms with Crippen LogP contribution >= 0.6 is 0 Å². The third kappa shape index (κ3) is 4.39. The molecule has 0 aromatic heterocycles. The zero-order chi connectivity index (χ0) is 23.5. The molecule has 3 atom stereocenters. The highest BCUT2D eigenvalue weighted by Gasteiger charge is 2.48. The highest BCUT2D eigenvalue weighted by Crippen LogP contribution is 2.50. The van der Waals surface area contributed by atoms with Crippen molar-refractivity contribution in [2.75, 3.05) is 11.4 Å². The molecule has 4 rings (SSSR count). The van der Waals surface area contributed by atoms with Crippen molar-refractivity contribution in [3.8, 4) is 0 Å². The van der Waals surface area contributed by atoms with E-state index in [1.807, 2.05) is 65.3 Å². The predicted octanol–water partition coefficient (Wildman–Crippen LogP) is 4.83. The number of aryl methyl sites for hydroxylation is 1. The Morgan fingerprint density at radius 2 is 1.73 bits per heavy atom. The Hall–Kier alpha value is -3.15. The lowest BCUT2D eigenvalue weighted by Gasteiger charge is -2.47. The van der Waals surface area contributed by atoms with E-state index in [4.69, 9.17) is 5.11 Å². The van der Waals surface area contributed by atoms with Crippen molar-refractivity contribution in [2.24, 2.45) is 5.92 Å². The summed E-state index contributed by atoms with van der Waals surface area (Å²) in [5, 5.41) is 9.06. The van der Waals surface area contributed by atoms with E-state index in [0.717, 1.165) is 36.9 Å². The van der Waals surface area contributed by atoms with Crippen molar-refractivity contribution in [1.29, 1.82) is 0 Å². The molecule has 1 aliphatic carbocycles. The number of para-hydroxylation sites is 1. The van der Waals surface area contributed by atoms with Gasteiger partial charge in [0.1, 0.15) is 0 Å². The Balaban J connectivity index is 1.73. The lowest BCUT2D eigenvalue weighted by atomic mass is 9.81. The predicted molar refractivity (Wildman–Crippen MR) is 127 cm³/mol. The van der Waals surface area contributed by atoms with E-state index >= 15 is 0 Å². The second-order valence-corrected chi connectivity index (χ2v) is 8.96. The number of carbonyl (C=O) groups excluding carboxylic acids is 2. The number of hydrogen-bond donors (Lipinski definition) is 1. The molecule has 1 heterocycles. The zero-order valence-electron chi connectivity index (χ0n) is 19.4. The Labute approximate surface area is 195 Å². The van der Waals surface area contributed by atoms with Crippen LogP contribution in [0.15, 0.2) is 48.5 Å². The van der Waals surface area contributed by atoms with Crippen molar-refractivity contribution < 1.29 is 19.5 Å². The van der Waals surface area contributed by atoms with Gasteiger partial charge in [-0.1, -0.05) is 43.7 Å². The van der Waals surface area contributed by atoms with Crippen molar-refractivity contribution in [2.45, 2.75) is 64.5 Å². The monoisotopic (exact) mass is 448 g/mol. The molecule has 2 aromatic carbocycles. The summed E-state index contributed by atoms with van der Waals surface area (Å²) in [4.78, 5) is 41.6.